The number of methoxy groups -OCH3 is 2. The number of piperidine rings is 1. The Morgan fingerprint density at radius 3 is 2.50 bits per heavy atom. The van der Waals surface area contributed by atoms with Crippen molar-refractivity contribution in [3.8, 4) is 0 Å². The number of benzene rings is 1. The third-order valence-electron chi connectivity index (χ3n) is 3.74. The van der Waals surface area contributed by atoms with Gasteiger partial charge in [-0.3, -0.25) is 4.90 Å². The topological polar surface area (TPSA) is 47.7 Å². The fraction of sp³-hybridized carbons (Fsp3) is 0.571. The number of rotatable bonds is 4. The van der Waals surface area contributed by atoms with E-state index in [0.717, 1.165) is 26.1 Å². The zero-order chi connectivity index (χ0) is 13.0. The molecule has 100 valence electrons. The molecule has 2 rings (SSSR count). The van der Waals surface area contributed by atoms with Crippen molar-refractivity contribution in [1.29, 1.82) is 0 Å². The molecule has 1 aliphatic heterocycles. The molecule has 0 aromatic heterocycles. The van der Waals surface area contributed by atoms with E-state index in [2.05, 4.69) is 29.2 Å². The molecule has 1 aromatic carbocycles. The molecule has 1 heterocycles. The second kappa shape index (κ2) is 5.80. The second-order valence-electron chi connectivity index (χ2n) is 4.80. The number of hydrogen-bond acceptors (Lipinski definition) is 4. The van der Waals surface area contributed by atoms with Crippen molar-refractivity contribution in [2.75, 3.05) is 27.3 Å². The Hall–Kier alpha value is -0.940. The summed E-state index contributed by atoms with van der Waals surface area (Å²) in [6.45, 7) is 2.65. The summed E-state index contributed by atoms with van der Waals surface area (Å²) < 4.78 is 10.9. The molecule has 0 aliphatic carbocycles. The van der Waals surface area contributed by atoms with E-state index in [-0.39, 0.29) is 6.04 Å². The van der Waals surface area contributed by atoms with Crippen LogP contribution >= 0.6 is 0 Å². The molecule has 1 unspecified atom stereocenters. The third-order valence-corrected chi connectivity index (χ3v) is 3.74. The molecular weight excluding hydrogens is 228 g/mol. The summed E-state index contributed by atoms with van der Waals surface area (Å²) in [5.74, 6) is -0.618. The van der Waals surface area contributed by atoms with Gasteiger partial charge in [-0.1, -0.05) is 30.3 Å². The van der Waals surface area contributed by atoms with E-state index in [1.54, 1.807) is 14.2 Å². The third kappa shape index (κ3) is 2.72. The average molecular weight is 250 g/mol. The molecule has 0 spiro atoms. The highest BCUT2D eigenvalue weighted by Gasteiger charge is 2.41. The smallest absolute Gasteiger partial charge is 0.185 e. The monoisotopic (exact) mass is 250 g/mol. The van der Waals surface area contributed by atoms with Gasteiger partial charge in [-0.25, -0.2) is 0 Å². The molecule has 2 N–H and O–H groups in total. The summed E-state index contributed by atoms with van der Waals surface area (Å²) in [6.07, 6.45) is 0.800. The van der Waals surface area contributed by atoms with Crippen LogP contribution in [0.1, 0.15) is 12.0 Å². The summed E-state index contributed by atoms with van der Waals surface area (Å²) in [4.78, 5) is 2.34. The van der Waals surface area contributed by atoms with Crippen molar-refractivity contribution in [1.82, 2.24) is 4.90 Å². The van der Waals surface area contributed by atoms with E-state index in [4.69, 9.17) is 15.2 Å². The maximum atomic E-state index is 6.19. The van der Waals surface area contributed by atoms with Gasteiger partial charge in [0.1, 0.15) is 0 Å². The Morgan fingerprint density at radius 1 is 1.28 bits per heavy atom. The molecule has 1 aliphatic rings. The lowest BCUT2D eigenvalue weighted by molar-refractivity contribution is -0.239. The van der Waals surface area contributed by atoms with Crippen molar-refractivity contribution in [3.05, 3.63) is 35.9 Å². The van der Waals surface area contributed by atoms with Crippen LogP contribution in [0.5, 0.6) is 0 Å². The highest BCUT2D eigenvalue weighted by Crippen LogP contribution is 2.26. The second-order valence-corrected chi connectivity index (χ2v) is 4.80. The number of likely N-dealkylation sites (tertiary alicyclic amines) is 1. The highest BCUT2D eigenvalue weighted by molar-refractivity contribution is 5.14. The number of ether oxygens (including phenoxy) is 2. The minimum atomic E-state index is -0.618. The molecule has 1 atom stereocenters. The lowest BCUT2D eigenvalue weighted by atomic mass is 9.98. The average Bonchev–Trinajstić information content (AvgIpc) is 2.41. The van der Waals surface area contributed by atoms with E-state index >= 15 is 0 Å². The predicted molar refractivity (Wildman–Crippen MR) is 71.1 cm³/mol. The number of hydrogen-bond donors (Lipinski definition) is 1. The first-order valence-corrected chi connectivity index (χ1v) is 6.32. The van der Waals surface area contributed by atoms with Crippen LogP contribution in [0.2, 0.25) is 0 Å². The largest absolute Gasteiger partial charge is 0.352 e. The normalized spacial score (nSPS) is 24.1. The Morgan fingerprint density at radius 2 is 1.94 bits per heavy atom. The maximum Gasteiger partial charge on any atom is 0.185 e. The van der Waals surface area contributed by atoms with Crippen LogP contribution in [0, 0.1) is 0 Å². The van der Waals surface area contributed by atoms with E-state index in [9.17, 15) is 0 Å². The minimum Gasteiger partial charge on any atom is -0.352 e. The molecule has 0 saturated carbocycles. The van der Waals surface area contributed by atoms with Crippen molar-refractivity contribution in [3.63, 3.8) is 0 Å². The molecule has 0 amide bonds. The fourth-order valence-corrected chi connectivity index (χ4v) is 2.58. The van der Waals surface area contributed by atoms with E-state index in [0.29, 0.717) is 0 Å². The summed E-state index contributed by atoms with van der Waals surface area (Å²) in [6, 6.07) is 10.3. The zero-order valence-electron chi connectivity index (χ0n) is 11.1. The lowest BCUT2D eigenvalue weighted by Crippen LogP contribution is -2.61. The Kier molecular flexibility index (Phi) is 4.35. The Bertz CT molecular complexity index is 365. The van der Waals surface area contributed by atoms with Gasteiger partial charge in [0, 0.05) is 40.3 Å². The van der Waals surface area contributed by atoms with Crippen LogP contribution in [-0.2, 0) is 16.0 Å². The molecular formula is C14H22N2O2. The summed E-state index contributed by atoms with van der Waals surface area (Å²) >= 11 is 0. The zero-order valence-corrected chi connectivity index (χ0v) is 11.1. The Balaban J connectivity index is 1.96. The lowest BCUT2D eigenvalue weighted by Gasteiger charge is -2.44. The van der Waals surface area contributed by atoms with Gasteiger partial charge in [-0.15, -0.1) is 0 Å². The number of nitrogens with two attached hydrogens (primary N) is 1. The first-order valence-electron chi connectivity index (χ1n) is 6.32. The van der Waals surface area contributed by atoms with Gasteiger partial charge in [0.05, 0.1) is 6.04 Å². The molecule has 0 radical (unpaired) electrons. The van der Waals surface area contributed by atoms with Crippen LogP contribution in [0.25, 0.3) is 0 Å². The fourth-order valence-electron chi connectivity index (χ4n) is 2.58. The van der Waals surface area contributed by atoms with Gasteiger partial charge >= 0.3 is 0 Å². The first-order chi connectivity index (χ1) is 8.70. The summed E-state index contributed by atoms with van der Waals surface area (Å²) in [7, 11) is 3.33. The van der Waals surface area contributed by atoms with Crippen LogP contribution in [0.3, 0.4) is 0 Å². The van der Waals surface area contributed by atoms with Gasteiger partial charge in [-0.05, 0) is 5.56 Å². The van der Waals surface area contributed by atoms with Gasteiger partial charge in [0.2, 0.25) is 0 Å². The first kappa shape index (κ1) is 13.5. The van der Waals surface area contributed by atoms with Gasteiger partial charge in [0.25, 0.3) is 0 Å². The standard InChI is InChI=1S/C14H22N2O2/c1-17-14(18-2)8-9-16(11-13(14)15)10-12-6-4-3-5-7-12/h3-7,13H,8-11,15H2,1-2H3. The van der Waals surface area contributed by atoms with Crippen LogP contribution in [-0.4, -0.2) is 44.0 Å². The van der Waals surface area contributed by atoms with Crippen molar-refractivity contribution >= 4 is 0 Å². The quantitative estimate of drug-likeness (QED) is 0.816. The van der Waals surface area contributed by atoms with Crippen molar-refractivity contribution < 1.29 is 9.47 Å². The van der Waals surface area contributed by atoms with Gasteiger partial charge < -0.3 is 15.2 Å². The maximum absolute atomic E-state index is 6.19. The van der Waals surface area contributed by atoms with Gasteiger partial charge in [-0.2, -0.15) is 0 Å². The molecule has 1 aromatic rings. The molecule has 0 bridgehead atoms. The van der Waals surface area contributed by atoms with E-state index < -0.39 is 5.79 Å². The number of nitrogens with zero attached hydrogens (tertiary/aromatic N) is 1. The van der Waals surface area contributed by atoms with Crippen molar-refractivity contribution in [2.24, 2.45) is 5.73 Å². The van der Waals surface area contributed by atoms with Gasteiger partial charge in [0.15, 0.2) is 5.79 Å². The highest BCUT2D eigenvalue weighted by atomic mass is 16.7. The predicted octanol–water partition coefficient (Wildman–Crippen LogP) is 1.21. The van der Waals surface area contributed by atoms with Crippen LogP contribution in [0.4, 0.5) is 0 Å². The molecule has 18 heavy (non-hydrogen) atoms. The summed E-state index contributed by atoms with van der Waals surface area (Å²) in [5, 5.41) is 0. The van der Waals surface area contributed by atoms with Crippen molar-refractivity contribution in [2.45, 2.75) is 24.8 Å². The molecule has 1 saturated heterocycles. The Labute approximate surface area is 109 Å². The molecule has 1 fully saturated rings. The minimum absolute atomic E-state index is 0.120. The molecule has 4 heteroatoms. The summed E-state index contributed by atoms with van der Waals surface area (Å²) in [5.41, 5.74) is 7.50. The van der Waals surface area contributed by atoms with Crippen LogP contribution < -0.4 is 5.73 Å². The van der Waals surface area contributed by atoms with E-state index in [1.807, 2.05) is 6.07 Å². The SMILES string of the molecule is COC1(OC)CCN(Cc2ccccc2)CC1N. The van der Waals surface area contributed by atoms with E-state index in [1.165, 1.54) is 5.56 Å². The molecule has 4 nitrogen and oxygen atoms in total. The van der Waals surface area contributed by atoms with Crippen LogP contribution in [0.15, 0.2) is 30.3 Å².